The first-order valence-corrected chi connectivity index (χ1v) is 3.90. The van der Waals surface area contributed by atoms with Crippen LogP contribution < -0.4 is 0 Å². The average molecular weight is 250 g/mol. The Bertz CT molecular complexity index is 162. The summed E-state index contributed by atoms with van der Waals surface area (Å²) >= 11 is 0. The zero-order chi connectivity index (χ0) is 12.1. The van der Waals surface area contributed by atoms with Crippen LogP contribution in [-0.2, 0) is 14.4 Å². The monoisotopic (exact) mass is 250 g/mol. The van der Waals surface area contributed by atoms with E-state index in [0.29, 0.717) is 0 Å². The second-order valence-electron chi connectivity index (χ2n) is 2.01. The fourth-order valence-corrected chi connectivity index (χ4v) is 0. The first-order valence-electron chi connectivity index (χ1n) is 3.90. The van der Waals surface area contributed by atoms with Crippen LogP contribution in [0.1, 0.15) is 33.6 Å². The van der Waals surface area contributed by atoms with Crippen LogP contribution >= 0.6 is 0 Å². The Balaban J connectivity index is -0.0000000590. The number of carboxylic acid groups (broad SMARTS) is 3. The number of hydrogen-bond donors (Lipinski definition) is 3. The Morgan fingerprint density at radius 1 is 0.867 bits per heavy atom. The van der Waals surface area contributed by atoms with E-state index in [-0.39, 0.29) is 50.6 Å². The van der Waals surface area contributed by atoms with E-state index in [1.807, 2.05) is 0 Å². The Morgan fingerprint density at radius 3 is 0.933 bits per heavy atom. The number of hydrogen-bond acceptors (Lipinski definition) is 3. The molecule has 0 unspecified atom stereocenters. The van der Waals surface area contributed by atoms with Gasteiger partial charge in [-0.05, 0) is 0 Å². The summed E-state index contributed by atoms with van der Waals surface area (Å²) in [7, 11) is 0. The van der Waals surface area contributed by atoms with Gasteiger partial charge >= 0.3 is 49.7 Å². The summed E-state index contributed by atoms with van der Waals surface area (Å²) < 4.78 is 0. The molecule has 0 aromatic heterocycles. The molecule has 0 radical (unpaired) electrons. The zero-order valence-corrected chi connectivity index (χ0v) is 8.48. The SMILES string of the molecule is CC(=O)O.CCC(=O)O.CCC(=O)O.[CaH2]. The standard InChI is InChI=1S/2C3H6O2.C2H4O2.Ca.2H/c2*1-2-3(4)5;1-2(3)4;;;/h2*2H2,1H3,(H,4,5);1H3,(H,3,4);;;. The molecule has 0 spiro atoms. The molecule has 88 valence electrons. The molecular formula is C8H18CaO6. The molecule has 0 aromatic carbocycles. The fourth-order valence-electron chi connectivity index (χ4n) is 0. The second-order valence-corrected chi connectivity index (χ2v) is 2.01. The first kappa shape index (κ1) is 24.1. The molecule has 0 bridgehead atoms. The van der Waals surface area contributed by atoms with Crippen molar-refractivity contribution in [2.45, 2.75) is 33.6 Å². The Hall–Kier alpha value is -0.330. The van der Waals surface area contributed by atoms with E-state index in [9.17, 15) is 9.59 Å². The van der Waals surface area contributed by atoms with Crippen LogP contribution in [0.3, 0.4) is 0 Å². The van der Waals surface area contributed by atoms with Crippen molar-refractivity contribution in [1.29, 1.82) is 0 Å². The van der Waals surface area contributed by atoms with E-state index in [0.717, 1.165) is 6.92 Å². The Kier molecular flexibility index (Phi) is 30.9. The molecular weight excluding hydrogens is 232 g/mol. The van der Waals surface area contributed by atoms with Gasteiger partial charge in [0.15, 0.2) is 0 Å². The summed E-state index contributed by atoms with van der Waals surface area (Å²) in [5.41, 5.74) is 0. The molecule has 6 nitrogen and oxygen atoms in total. The molecule has 15 heavy (non-hydrogen) atoms. The van der Waals surface area contributed by atoms with E-state index in [1.54, 1.807) is 13.8 Å². The van der Waals surface area contributed by atoms with Crippen LogP contribution in [0.2, 0.25) is 0 Å². The topological polar surface area (TPSA) is 112 Å². The van der Waals surface area contributed by atoms with Crippen LogP contribution in [0.15, 0.2) is 0 Å². The van der Waals surface area contributed by atoms with Gasteiger partial charge in [-0.15, -0.1) is 0 Å². The summed E-state index contributed by atoms with van der Waals surface area (Å²) in [4.78, 5) is 27.7. The predicted molar refractivity (Wildman–Crippen MR) is 57.7 cm³/mol. The third-order valence-electron chi connectivity index (χ3n) is 0.605. The van der Waals surface area contributed by atoms with Gasteiger partial charge in [0.1, 0.15) is 0 Å². The van der Waals surface area contributed by atoms with Gasteiger partial charge in [-0.2, -0.15) is 0 Å². The Morgan fingerprint density at radius 2 is 0.933 bits per heavy atom. The van der Waals surface area contributed by atoms with Crippen molar-refractivity contribution in [1.82, 2.24) is 0 Å². The summed E-state index contributed by atoms with van der Waals surface area (Å²) in [5, 5.41) is 22.9. The molecule has 0 aliphatic heterocycles. The maximum atomic E-state index is 9.37. The molecule has 0 fully saturated rings. The van der Waals surface area contributed by atoms with Crippen molar-refractivity contribution >= 4 is 55.6 Å². The van der Waals surface area contributed by atoms with Gasteiger partial charge in [0, 0.05) is 19.8 Å². The minimum atomic E-state index is -0.833. The molecule has 3 N–H and O–H groups in total. The summed E-state index contributed by atoms with van der Waals surface area (Å²) in [6.45, 7) is 4.28. The van der Waals surface area contributed by atoms with E-state index < -0.39 is 17.9 Å². The van der Waals surface area contributed by atoms with E-state index in [2.05, 4.69) is 0 Å². The summed E-state index contributed by atoms with van der Waals surface area (Å²) in [6, 6.07) is 0. The third-order valence-corrected chi connectivity index (χ3v) is 0.605. The van der Waals surface area contributed by atoms with E-state index >= 15 is 0 Å². The number of carbonyl (C=O) groups is 3. The van der Waals surface area contributed by atoms with Gasteiger partial charge in [0.05, 0.1) is 0 Å². The molecule has 0 saturated heterocycles. The first-order chi connectivity index (χ1) is 6.27. The third kappa shape index (κ3) is 138. The Labute approximate surface area is 118 Å². The molecule has 0 heterocycles. The maximum absolute atomic E-state index is 9.37. The number of aliphatic carboxylic acids is 3. The molecule has 0 aliphatic carbocycles. The van der Waals surface area contributed by atoms with Crippen LogP contribution in [0.4, 0.5) is 0 Å². The van der Waals surface area contributed by atoms with Crippen molar-refractivity contribution in [3.63, 3.8) is 0 Å². The van der Waals surface area contributed by atoms with Crippen LogP contribution in [0.25, 0.3) is 0 Å². The fraction of sp³-hybridized carbons (Fsp3) is 0.625. The average Bonchev–Trinajstić information content (AvgIpc) is 2.04. The summed E-state index contributed by atoms with van der Waals surface area (Å²) in [6.07, 6.45) is 0.444. The van der Waals surface area contributed by atoms with Crippen molar-refractivity contribution in [3.8, 4) is 0 Å². The van der Waals surface area contributed by atoms with Gasteiger partial charge in [0.25, 0.3) is 5.97 Å². The molecule has 0 aromatic rings. The second kappa shape index (κ2) is 19.3. The molecule has 0 aliphatic rings. The molecule has 0 rings (SSSR count). The normalized spacial score (nSPS) is 6.60. The number of carboxylic acids is 3. The van der Waals surface area contributed by atoms with Gasteiger partial charge in [-0.1, -0.05) is 13.8 Å². The van der Waals surface area contributed by atoms with Crippen molar-refractivity contribution in [2.75, 3.05) is 0 Å². The van der Waals surface area contributed by atoms with Crippen LogP contribution in [0.5, 0.6) is 0 Å². The van der Waals surface area contributed by atoms with Gasteiger partial charge in [-0.25, -0.2) is 0 Å². The van der Waals surface area contributed by atoms with Crippen LogP contribution in [-0.4, -0.2) is 71.0 Å². The molecule has 0 atom stereocenters. The quantitative estimate of drug-likeness (QED) is 0.601. The van der Waals surface area contributed by atoms with Crippen LogP contribution in [0, 0.1) is 0 Å². The van der Waals surface area contributed by atoms with Gasteiger partial charge < -0.3 is 15.3 Å². The molecule has 0 amide bonds. The minimum absolute atomic E-state index is 0. The summed E-state index contributed by atoms with van der Waals surface area (Å²) in [5.74, 6) is -2.32. The van der Waals surface area contributed by atoms with Gasteiger partial charge in [0.2, 0.25) is 0 Å². The van der Waals surface area contributed by atoms with E-state index in [4.69, 9.17) is 20.1 Å². The van der Waals surface area contributed by atoms with Gasteiger partial charge in [-0.3, -0.25) is 14.4 Å². The van der Waals surface area contributed by atoms with E-state index in [1.165, 1.54) is 0 Å². The predicted octanol–water partition coefficient (Wildman–Crippen LogP) is 0.137. The molecule has 7 heteroatoms. The van der Waals surface area contributed by atoms with Crippen molar-refractivity contribution in [3.05, 3.63) is 0 Å². The molecule has 0 saturated carbocycles. The zero-order valence-electron chi connectivity index (χ0n) is 8.48. The number of rotatable bonds is 2. The van der Waals surface area contributed by atoms with Crippen molar-refractivity contribution in [2.24, 2.45) is 0 Å². The van der Waals surface area contributed by atoms with Crippen molar-refractivity contribution < 1.29 is 29.7 Å².